The summed E-state index contributed by atoms with van der Waals surface area (Å²) in [6.07, 6.45) is 10.3. The van der Waals surface area contributed by atoms with Crippen LogP contribution >= 0.6 is 0 Å². The van der Waals surface area contributed by atoms with Crippen molar-refractivity contribution >= 4 is 15.7 Å². The van der Waals surface area contributed by atoms with Gasteiger partial charge in [0.25, 0.3) is 0 Å². The van der Waals surface area contributed by atoms with Crippen LogP contribution in [0, 0.1) is 0 Å². The highest BCUT2D eigenvalue weighted by Crippen LogP contribution is 2.42. The molecule has 0 bridgehead atoms. The highest BCUT2D eigenvalue weighted by atomic mass is 32.2. The molecule has 0 saturated heterocycles. The van der Waals surface area contributed by atoms with E-state index in [1.54, 1.807) is 30.7 Å². The molecule has 156 valence electrons. The molecular formula is C21H24N6O2S. The van der Waals surface area contributed by atoms with Crippen molar-refractivity contribution in [1.82, 2.24) is 24.7 Å². The number of aromatic nitrogens is 5. The van der Waals surface area contributed by atoms with Gasteiger partial charge < -0.3 is 4.90 Å². The number of nitrogens with zero attached hydrogens (tertiary/aromatic N) is 6. The molecule has 0 unspecified atom stereocenters. The Morgan fingerprint density at radius 2 is 2.00 bits per heavy atom. The Balaban J connectivity index is 1.67. The minimum Gasteiger partial charge on any atom is -0.342 e. The van der Waals surface area contributed by atoms with Gasteiger partial charge in [0.1, 0.15) is 12.0 Å². The van der Waals surface area contributed by atoms with E-state index in [0.717, 1.165) is 36.6 Å². The third kappa shape index (κ3) is 3.08. The predicted molar refractivity (Wildman–Crippen MR) is 113 cm³/mol. The Morgan fingerprint density at radius 1 is 1.20 bits per heavy atom. The lowest BCUT2D eigenvalue weighted by atomic mass is 10.0. The first-order valence-corrected chi connectivity index (χ1v) is 12.2. The standard InChI is InChI=1S/C21H24N6O2S/c1-3-17-21-25-23-13-26(21)18-12-22-19(14-7-6-10-16(11-14)30(2,28)29)24-20(18)27(17)15-8-4-5-9-15/h6-7,10-13,15,17H,3-5,8-9H2,1-2H3/t17-/m1/s1. The van der Waals surface area contributed by atoms with Gasteiger partial charge in [0.2, 0.25) is 0 Å². The van der Waals surface area contributed by atoms with Crippen LogP contribution in [-0.2, 0) is 9.84 Å². The molecule has 9 heteroatoms. The molecule has 1 aliphatic carbocycles. The number of sulfone groups is 1. The maximum atomic E-state index is 12.0. The Labute approximate surface area is 175 Å². The maximum Gasteiger partial charge on any atom is 0.175 e. The fourth-order valence-corrected chi connectivity index (χ4v) is 5.32. The van der Waals surface area contributed by atoms with Crippen molar-refractivity contribution in [3.8, 4) is 17.1 Å². The smallest absolute Gasteiger partial charge is 0.175 e. The summed E-state index contributed by atoms with van der Waals surface area (Å²) in [6.45, 7) is 2.16. The van der Waals surface area contributed by atoms with E-state index >= 15 is 0 Å². The average Bonchev–Trinajstić information content (AvgIpc) is 3.44. The molecule has 1 aliphatic heterocycles. The van der Waals surface area contributed by atoms with Gasteiger partial charge in [0.05, 0.1) is 17.1 Å². The molecule has 1 fully saturated rings. The monoisotopic (exact) mass is 424 g/mol. The zero-order chi connectivity index (χ0) is 20.9. The number of benzene rings is 1. The Hall–Kier alpha value is -2.81. The first-order valence-electron chi connectivity index (χ1n) is 10.3. The van der Waals surface area contributed by atoms with E-state index in [4.69, 9.17) is 4.98 Å². The predicted octanol–water partition coefficient (Wildman–Crippen LogP) is 3.34. The first-order chi connectivity index (χ1) is 14.5. The summed E-state index contributed by atoms with van der Waals surface area (Å²) in [7, 11) is -3.31. The van der Waals surface area contributed by atoms with Gasteiger partial charge in [-0.3, -0.25) is 4.57 Å². The summed E-state index contributed by atoms with van der Waals surface area (Å²) in [6, 6.07) is 7.33. The van der Waals surface area contributed by atoms with E-state index in [2.05, 4.69) is 27.0 Å². The number of anilines is 1. The van der Waals surface area contributed by atoms with Crippen molar-refractivity contribution in [1.29, 1.82) is 0 Å². The topological polar surface area (TPSA) is 93.9 Å². The first kappa shape index (κ1) is 19.2. The molecular weight excluding hydrogens is 400 g/mol. The minimum atomic E-state index is -3.31. The third-order valence-electron chi connectivity index (χ3n) is 6.09. The lowest BCUT2D eigenvalue weighted by Crippen LogP contribution is -2.42. The van der Waals surface area contributed by atoms with Gasteiger partial charge in [-0.2, -0.15) is 0 Å². The van der Waals surface area contributed by atoms with Gasteiger partial charge in [-0.15, -0.1) is 10.2 Å². The summed E-state index contributed by atoms with van der Waals surface area (Å²) < 4.78 is 26.0. The van der Waals surface area contributed by atoms with E-state index in [1.165, 1.54) is 19.1 Å². The van der Waals surface area contributed by atoms with Crippen LogP contribution in [0.4, 0.5) is 5.82 Å². The number of hydrogen-bond donors (Lipinski definition) is 0. The zero-order valence-electron chi connectivity index (χ0n) is 17.1. The molecule has 1 saturated carbocycles. The Morgan fingerprint density at radius 3 is 2.73 bits per heavy atom. The minimum absolute atomic E-state index is 0.105. The van der Waals surface area contributed by atoms with Crippen molar-refractivity contribution in [2.45, 2.75) is 56.0 Å². The van der Waals surface area contributed by atoms with Crippen LogP contribution in [-0.4, -0.2) is 45.4 Å². The lowest BCUT2D eigenvalue weighted by Gasteiger charge is -2.40. The fraction of sp³-hybridized carbons (Fsp3) is 0.429. The van der Waals surface area contributed by atoms with E-state index in [0.29, 0.717) is 17.4 Å². The molecule has 30 heavy (non-hydrogen) atoms. The lowest BCUT2D eigenvalue weighted by molar-refractivity contribution is 0.469. The number of hydrogen-bond acceptors (Lipinski definition) is 7. The second-order valence-corrected chi connectivity index (χ2v) is 10.0. The summed E-state index contributed by atoms with van der Waals surface area (Å²) >= 11 is 0. The van der Waals surface area contributed by atoms with Gasteiger partial charge >= 0.3 is 0 Å². The van der Waals surface area contributed by atoms with Crippen molar-refractivity contribution in [2.24, 2.45) is 0 Å². The van der Waals surface area contributed by atoms with E-state index in [1.807, 2.05) is 10.6 Å². The molecule has 3 heterocycles. The van der Waals surface area contributed by atoms with Gasteiger partial charge in [-0.05, 0) is 31.4 Å². The second-order valence-electron chi connectivity index (χ2n) is 8.03. The van der Waals surface area contributed by atoms with Crippen molar-refractivity contribution in [3.63, 3.8) is 0 Å². The van der Waals surface area contributed by atoms with Crippen molar-refractivity contribution < 1.29 is 8.42 Å². The largest absolute Gasteiger partial charge is 0.342 e. The maximum absolute atomic E-state index is 12.0. The zero-order valence-corrected chi connectivity index (χ0v) is 17.9. The third-order valence-corrected chi connectivity index (χ3v) is 7.20. The highest BCUT2D eigenvalue weighted by Gasteiger charge is 2.38. The molecule has 8 nitrogen and oxygen atoms in total. The molecule has 3 aromatic rings. The van der Waals surface area contributed by atoms with Crippen molar-refractivity contribution in [2.75, 3.05) is 11.2 Å². The van der Waals surface area contributed by atoms with Crippen LogP contribution in [0.15, 0.2) is 41.7 Å². The molecule has 0 N–H and O–H groups in total. The Kier molecular flexibility index (Phi) is 4.57. The molecule has 1 aromatic carbocycles. The Bertz CT molecular complexity index is 1200. The van der Waals surface area contributed by atoms with E-state index in [9.17, 15) is 8.42 Å². The van der Waals surface area contributed by atoms with Crippen LogP contribution in [0.3, 0.4) is 0 Å². The van der Waals surface area contributed by atoms with Gasteiger partial charge in [0.15, 0.2) is 27.3 Å². The molecule has 2 aliphatic rings. The second kappa shape index (κ2) is 7.16. The van der Waals surface area contributed by atoms with Crippen LogP contribution in [0.1, 0.15) is 50.9 Å². The number of rotatable bonds is 4. The summed E-state index contributed by atoms with van der Waals surface area (Å²) in [4.78, 5) is 12.2. The molecule has 5 rings (SSSR count). The van der Waals surface area contributed by atoms with Gasteiger partial charge in [-0.1, -0.05) is 31.9 Å². The quantitative estimate of drug-likeness (QED) is 0.634. The molecule has 0 amide bonds. The summed E-state index contributed by atoms with van der Waals surface area (Å²) in [5, 5.41) is 8.54. The SMILES string of the molecule is CC[C@@H]1c2nncn2-c2cnc(-c3cccc(S(C)(=O)=O)c3)nc2N1C1CCCC1. The molecule has 0 spiro atoms. The highest BCUT2D eigenvalue weighted by molar-refractivity contribution is 7.90. The molecule has 2 aromatic heterocycles. The normalized spacial score (nSPS) is 19.0. The molecule has 0 radical (unpaired) electrons. The van der Waals surface area contributed by atoms with Gasteiger partial charge in [0, 0.05) is 17.9 Å². The summed E-state index contributed by atoms with van der Waals surface area (Å²) in [5.74, 6) is 2.32. The van der Waals surface area contributed by atoms with E-state index < -0.39 is 9.84 Å². The van der Waals surface area contributed by atoms with Crippen LogP contribution in [0.2, 0.25) is 0 Å². The fourth-order valence-electron chi connectivity index (χ4n) is 4.65. The van der Waals surface area contributed by atoms with Crippen LogP contribution in [0.5, 0.6) is 0 Å². The summed E-state index contributed by atoms with van der Waals surface area (Å²) in [5.41, 5.74) is 1.56. The van der Waals surface area contributed by atoms with Crippen LogP contribution < -0.4 is 4.90 Å². The van der Waals surface area contributed by atoms with E-state index in [-0.39, 0.29) is 10.9 Å². The molecule has 1 atom stereocenters. The average molecular weight is 425 g/mol. The van der Waals surface area contributed by atoms with Crippen LogP contribution in [0.25, 0.3) is 17.1 Å². The van der Waals surface area contributed by atoms with Gasteiger partial charge in [-0.25, -0.2) is 18.4 Å². The van der Waals surface area contributed by atoms with Crippen molar-refractivity contribution in [3.05, 3.63) is 42.6 Å². The number of fused-ring (bicyclic) bond motifs is 3.